The summed E-state index contributed by atoms with van der Waals surface area (Å²) in [5.41, 5.74) is 6.11. The zero-order valence-electron chi connectivity index (χ0n) is 8.88. The largest absolute Gasteiger partial charge is 0.467 e. The topological polar surface area (TPSA) is 78.6 Å². The minimum absolute atomic E-state index is 0.0877. The number of methoxy groups -OCH3 is 1. The Morgan fingerprint density at radius 3 is 2.44 bits per heavy atom. The van der Waals surface area contributed by atoms with Gasteiger partial charge in [0.25, 0.3) is 0 Å². The van der Waals surface area contributed by atoms with Gasteiger partial charge >= 0.3 is 11.9 Å². The van der Waals surface area contributed by atoms with Crippen LogP contribution in [-0.4, -0.2) is 25.1 Å². The van der Waals surface area contributed by atoms with Gasteiger partial charge in [0.1, 0.15) is 6.61 Å². The van der Waals surface area contributed by atoms with Gasteiger partial charge in [-0.15, -0.1) is 0 Å². The third-order valence-electron chi connectivity index (χ3n) is 1.93. The molecule has 0 amide bonds. The van der Waals surface area contributed by atoms with Crippen molar-refractivity contribution in [3.8, 4) is 0 Å². The van der Waals surface area contributed by atoms with E-state index in [1.807, 2.05) is 18.2 Å². The van der Waals surface area contributed by atoms with E-state index in [2.05, 4.69) is 4.74 Å². The molecule has 16 heavy (non-hydrogen) atoms. The summed E-state index contributed by atoms with van der Waals surface area (Å²) >= 11 is 0. The van der Waals surface area contributed by atoms with Gasteiger partial charge in [0.15, 0.2) is 0 Å². The van der Waals surface area contributed by atoms with E-state index in [0.29, 0.717) is 0 Å². The highest BCUT2D eigenvalue weighted by Crippen LogP contribution is 2.01. The Morgan fingerprint density at radius 1 is 1.25 bits per heavy atom. The van der Waals surface area contributed by atoms with Crippen LogP contribution in [0.25, 0.3) is 0 Å². The van der Waals surface area contributed by atoms with Gasteiger partial charge < -0.3 is 15.2 Å². The fraction of sp³-hybridized carbons (Fsp3) is 0.273. The maximum atomic E-state index is 11.3. The SMILES string of the molecule is COC(=O)C(N)C(=O)OCc1ccccc1. The molecular weight excluding hydrogens is 210 g/mol. The second-order valence-corrected chi connectivity index (χ2v) is 3.09. The van der Waals surface area contributed by atoms with Gasteiger partial charge in [-0.25, -0.2) is 9.59 Å². The molecule has 0 saturated carbocycles. The van der Waals surface area contributed by atoms with Gasteiger partial charge in [0, 0.05) is 0 Å². The Bertz CT molecular complexity index is 364. The van der Waals surface area contributed by atoms with Crippen LogP contribution >= 0.6 is 0 Å². The molecule has 0 aromatic heterocycles. The highest BCUT2D eigenvalue weighted by atomic mass is 16.5. The molecule has 5 heteroatoms. The van der Waals surface area contributed by atoms with Crippen LogP contribution in [0, 0.1) is 0 Å². The molecule has 2 N–H and O–H groups in total. The van der Waals surface area contributed by atoms with E-state index in [1.54, 1.807) is 12.1 Å². The molecule has 0 aliphatic carbocycles. The lowest BCUT2D eigenvalue weighted by atomic mass is 10.2. The van der Waals surface area contributed by atoms with Crippen molar-refractivity contribution < 1.29 is 19.1 Å². The van der Waals surface area contributed by atoms with E-state index in [-0.39, 0.29) is 6.61 Å². The first-order chi connectivity index (χ1) is 7.65. The molecule has 86 valence electrons. The molecule has 0 saturated heterocycles. The highest BCUT2D eigenvalue weighted by Gasteiger charge is 2.24. The van der Waals surface area contributed by atoms with Crippen LogP contribution < -0.4 is 5.73 Å². The van der Waals surface area contributed by atoms with Gasteiger partial charge in [0.2, 0.25) is 6.04 Å². The minimum Gasteiger partial charge on any atom is -0.467 e. The summed E-state index contributed by atoms with van der Waals surface area (Å²) in [4.78, 5) is 22.2. The number of benzene rings is 1. The van der Waals surface area contributed by atoms with Crippen molar-refractivity contribution >= 4 is 11.9 Å². The second-order valence-electron chi connectivity index (χ2n) is 3.09. The first-order valence-electron chi connectivity index (χ1n) is 4.69. The summed E-state index contributed by atoms with van der Waals surface area (Å²) < 4.78 is 9.17. The Kier molecular flexibility index (Phi) is 4.47. The molecule has 0 fully saturated rings. The highest BCUT2D eigenvalue weighted by molar-refractivity contribution is 5.98. The van der Waals surface area contributed by atoms with Gasteiger partial charge in [-0.1, -0.05) is 30.3 Å². The molecule has 0 spiro atoms. The number of carbonyl (C=O) groups is 2. The first-order valence-corrected chi connectivity index (χ1v) is 4.69. The van der Waals surface area contributed by atoms with Crippen molar-refractivity contribution in [3.63, 3.8) is 0 Å². The zero-order valence-corrected chi connectivity index (χ0v) is 8.88. The molecule has 5 nitrogen and oxygen atoms in total. The Hall–Kier alpha value is -1.88. The summed E-state index contributed by atoms with van der Waals surface area (Å²) in [5, 5.41) is 0. The third-order valence-corrected chi connectivity index (χ3v) is 1.93. The molecule has 1 aromatic rings. The molecule has 1 rings (SSSR count). The Morgan fingerprint density at radius 2 is 1.88 bits per heavy atom. The quantitative estimate of drug-likeness (QED) is 0.584. The van der Waals surface area contributed by atoms with E-state index in [1.165, 1.54) is 0 Å². The van der Waals surface area contributed by atoms with E-state index in [4.69, 9.17) is 10.5 Å². The summed E-state index contributed by atoms with van der Waals surface area (Å²) in [5.74, 6) is -1.60. The number of hydrogen-bond donors (Lipinski definition) is 1. The van der Waals surface area contributed by atoms with E-state index in [9.17, 15) is 9.59 Å². The molecule has 1 atom stereocenters. The average Bonchev–Trinajstić information content (AvgIpc) is 2.35. The summed E-state index contributed by atoms with van der Waals surface area (Å²) in [6, 6.07) is 7.72. The Balaban J connectivity index is 2.44. The van der Waals surface area contributed by atoms with Crippen molar-refractivity contribution in [1.29, 1.82) is 0 Å². The molecule has 0 radical (unpaired) electrons. The average molecular weight is 223 g/mol. The molecule has 1 aromatic carbocycles. The maximum absolute atomic E-state index is 11.3. The number of esters is 2. The number of rotatable bonds is 4. The fourth-order valence-corrected chi connectivity index (χ4v) is 1.04. The fourth-order valence-electron chi connectivity index (χ4n) is 1.04. The predicted octanol–water partition coefficient (Wildman–Crippen LogP) is 0.230. The van der Waals surface area contributed by atoms with Crippen LogP contribution in [0.15, 0.2) is 30.3 Å². The molecule has 0 aliphatic rings. The molecular formula is C11H13NO4. The zero-order chi connectivity index (χ0) is 12.0. The lowest BCUT2D eigenvalue weighted by Crippen LogP contribution is -2.40. The van der Waals surface area contributed by atoms with Crippen LogP contribution in [0.5, 0.6) is 0 Å². The summed E-state index contributed by atoms with van der Waals surface area (Å²) in [7, 11) is 1.16. The lowest BCUT2D eigenvalue weighted by Gasteiger charge is -2.09. The normalized spacial score (nSPS) is 11.6. The number of carbonyl (C=O) groups excluding carboxylic acids is 2. The van der Waals surface area contributed by atoms with Crippen molar-refractivity contribution in [2.75, 3.05) is 7.11 Å². The molecule has 0 aliphatic heterocycles. The monoisotopic (exact) mass is 223 g/mol. The summed E-state index contributed by atoms with van der Waals surface area (Å²) in [6.45, 7) is 0.0877. The number of hydrogen-bond acceptors (Lipinski definition) is 5. The van der Waals surface area contributed by atoms with Crippen LogP contribution in [0.2, 0.25) is 0 Å². The van der Waals surface area contributed by atoms with Crippen LogP contribution in [0.1, 0.15) is 5.56 Å². The van der Waals surface area contributed by atoms with Gasteiger partial charge in [-0.05, 0) is 5.56 Å². The van der Waals surface area contributed by atoms with Crippen molar-refractivity contribution in [3.05, 3.63) is 35.9 Å². The minimum atomic E-state index is -1.38. The van der Waals surface area contributed by atoms with Crippen LogP contribution in [0.3, 0.4) is 0 Å². The predicted molar refractivity (Wildman–Crippen MR) is 56.2 cm³/mol. The van der Waals surface area contributed by atoms with Crippen LogP contribution in [-0.2, 0) is 25.7 Å². The Labute approximate surface area is 93.1 Å². The molecule has 0 heterocycles. The van der Waals surface area contributed by atoms with Gasteiger partial charge in [-0.3, -0.25) is 0 Å². The smallest absolute Gasteiger partial charge is 0.334 e. The second kappa shape index (κ2) is 5.87. The lowest BCUT2D eigenvalue weighted by molar-refractivity contribution is -0.156. The number of nitrogens with two attached hydrogens (primary N) is 1. The van der Waals surface area contributed by atoms with E-state index in [0.717, 1.165) is 12.7 Å². The summed E-state index contributed by atoms with van der Waals surface area (Å²) in [6.07, 6.45) is 0. The van der Waals surface area contributed by atoms with E-state index < -0.39 is 18.0 Å². The standard InChI is InChI=1S/C11H13NO4/c1-15-10(13)9(12)11(14)16-7-8-5-3-2-4-6-8/h2-6,9H,7,12H2,1H3. The van der Waals surface area contributed by atoms with Gasteiger partial charge in [-0.2, -0.15) is 0 Å². The third kappa shape index (κ3) is 3.36. The first kappa shape index (κ1) is 12.2. The number of ether oxygens (including phenoxy) is 2. The maximum Gasteiger partial charge on any atom is 0.334 e. The molecule has 1 unspecified atom stereocenters. The van der Waals surface area contributed by atoms with E-state index >= 15 is 0 Å². The van der Waals surface area contributed by atoms with Crippen molar-refractivity contribution in [2.24, 2.45) is 5.73 Å². The van der Waals surface area contributed by atoms with Gasteiger partial charge in [0.05, 0.1) is 7.11 Å². The van der Waals surface area contributed by atoms with Crippen molar-refractivity contribution in [1.82, 2.24) is 0 Å². The molecule has 0 bridgehead atoms. The van der Waals surface area contributed by atoms with Crippen molar-refractivity contribution in [2.45, 2.75) is 12.6 Å². The van der Waals surface area contributed by atoms with Crippen LogP contribution in [0.4, 0.5) is 0 Å².